The van der Waals surface area contributed by atoms with Crippen molar-refractivity contribution in [2.75, 3.05) is 19.2 Å². The number of hydrogen-bond acceptors (Lipinski definition) is 7. The van der Waals surface area contributed by atoms with Crippen LogP contribution in [0.15, 0.2) is 42.5 Å². The lowest BCUT2D eigenvalue weighted by Crippen LogP contribution is -2.44. The van der Waals surface area contributed by atoms with Crippen LogP contribution in [-0.4, -0.2) is 40.8 Å². The van der Waals surface area contributed by atoms with Crippen LogP contribution >= 0.6 is 11.3 Å². The van der Waals surface area contributed by atoms with Crippen molar-refractivity contribution in [3.63, 3.8) is 0 Å². The zero-order chi connectivity index (χ0) is 22.5. The summed E-state index contributed by atoms with van der Waals surface area (Å²) in [6.45, 7) is 0.158. The van der Waals surface area contributed by atoms with E-state index >= 15 is 0 Å². The maximum atomic E-state index is 13.7. The number of nitrogens with one attached hydrogen (secondary N) is 1. The van der Waals surface area contributed by atoms with Crippen LogP contribution in [0.4, 0.5) is 5.13 Å². The molecule has 0 unspecified atom stereocenters. The molecule has 1 aliphatic carbocycles. The lowest BCUT2D eigenvalue weighted by molar-refractivity contribution is -0.119. The molecule has 3 aliphatic rings. The number of benzene rings is 2. The van der Waals surface area contributed by atoms with Crippen LogP contribution in [0.1, 0.15) is 63.6 Å². The number of rotatable bonds is 4. The van der Waals surface area contributed by atoms with Crippen molar-refractivity contribution < 1.29 is 19.1 Å². The molecule has 1 N–H and O–H groups in total. The Hall–Kier alpha value is -3.46. The van der Waals surface area contributed by atoms with Crippen molar-refractivity contribution in [1.29, 1.82) is 0 Å². The predicted molar refractivity (Wildman–Crippen MR) is 122 cm³/mol. The molecular weight excluding hydrogens is 440 g/mol. The Morgan fingerprint density at radius 1 is 1.12 bits per heavy atom. The number of carbonyl (C=O) groups is 2. The second-order valence-corrected chi connectivity index (χ2v) is 9.61. The van der Waals surface area contributed by atoms with E-state index in [0.717, 1.165) is 23.4 Å². The van der Waals surface area contributed by atoms with Gasteiger partial charge in [-0.2, -0.15) is 0 Å². The Bertz CT molecular complexity index is 1250. The number of anilines is 1. The first kappa shape index (κ1) is 20.2. The van der Waals surface area contributed by atoms with Gasteiger partial charge in [-0.1, -0.05) is 42.0 Å². The molecule has 0 radical (unpaired) electrons. The van der Waals surface area contributed by atoms with Gasteiger partial charge >= 0.3 is 0 Å². The van der Waals surface area contributed by atoms with Gasteiger partial charge in [-0.3, -0.25) is 14.9 Å². The van der Waals surface area contributed by atoms with Crippen LogP contribution in [0.2, 0.25) is 0 Å². The molecule has 6 rings (SSSR count). The van der Waals surface area contributed by atoms with Gasteiger partial charge in [-0.15, -0.1) is 10.2 Å². The Morgan fingerprint density at radius 3 is 2.76 bits per heavy atom. The highest BCUT2D eigenvalue weighted by Gasteiger charge is 2.43. The third kappa shape index (κ3) is 3.34. The third-order valence-electron chi connectivity index (χ3n) is 6.73. The number of amides is 2. The molecule has 2 aromatic carbocycles. The summed E-state index contributed by atoms with van der Waals surface area (Å²) in [5, 5.41) is 12.9. The van der Waals surface area contributed by atoms with Gasteiger partial charge in [0.05, 0.1) is 12.0 Å². The van der Waals surface area contributed by atoms with E-state index in [-0.39, 0.29) is 18.6 Å². The largest absolute Gasteiger partial charge is 0.454 e. The van der Waals surface area contributed by atoms with E-state index < -0.39 is 12.0 Å². The standard InChI is InChI=1S/C24H22N4O4S/c1-28-20(14-9-10-17-18(11-14)32-12-31-17)19(15-7-2-3-8-16(15)23(28)30)21(29)25-24-27-26-22(33-24)13-5-4-6-13/h2-3,7-11,13,19-20H,4-6,12H2,1H3,(H,25,27,29)/t19-,20+/m1/s1. The van der Waals surface area contributed by atoms with Crippen LogP contribution in [0, 0.1) is 0 Å². The molecule has 33 heavy (non-hydrogen) atoms. The first-order chi connectivity index (χ1) is 16.1. The van der Waals surface area contributed by atoms with Gasteiger partial charge in [-0.25, -0.2) is 0 Å². The number of fused-ring (bicyclic) bond motifs is 2. The van der Waals surface area contributed by atoms with Gasteiger partial charge in [0.1, 0.15) is 5.01 Å². The van der Waals surface area contributed by atoms with Gasteiger partial charge in [0.15, 0.2) is 11.5 Å². The van der Waals surface area contributed by atoms with Crippen LogP contribution in [0.25, 0.3) is 0 Å². The van der Waals surface area contributed by atoms with Gasteiger partial charge in [0.2, 0.25) is 17.8 Å². The fraction of sp³-hybridized carbons (Fsp3) is 0.333. The van der Waals surface area contributed by atoms with Crippen LogP contribution < -0.4 is 14.8 Å². The summed E-state index contributed by atoms with van der Waals surface area (Å²) in [5.41, 5.74) is 2.03. The molecule has 2 aliphatic heterocycles. The van der Waals surface area contributed by atoms with Crippen LogP contribution in [0.3, 0.4) is 0 Å². The molecule has 1 fully saturated rings. The summed E-state index contributed by atoms with van der Waals surface area (Å²) in [6, 6.07) is 12.3. The normalized spacial score (nSPS) is 21.5. The number of likely N-dealkylation sites (N-methyl/N-ethyl adjacent to an activating group) is 1. The van der Waals surface area contributed by atoms with E-state index in [1.807, 2.05) is 36.4 Å². The Kier molecular flexibility index (Phi) is 4.79. The summed E-state index contributed by atoms with van der Waals surface area (Å²) in [7, 11) is 1.73. The van der Waals surface area contributed by atoms with Crippen molar-refractivity contribution in [2.24, 2.45) is 0 Å². The molecular formula is C24H22N4O4S. The maximum absolute atomic E-state index is 13.7. The summed E-state index contributed by atoms with van der Waals surface area (Å²) < 4.78 is 11.0. The van der Waals surface area contributed by atoms with Crippen molar-refractivity contribution >= 4 is 28.3 Å². The minimum absolute atomic E-state index is 0.125. The molecule has 3 aromatic rings. The molecule has 0 saturated heterocycles. The molecule has 8 nitrogen and oxygen atoms in total. The van der Waals surface area contributed by atoms with Crippen molar-refractivity contribution in [2.45, 2.75) is 37.1 Å². The minimum atomic E-state index is -0.625. The van der Waals surface area contributed by atoms with Gasteiger partial charge in [0.25, 0.3) is 5.91 Å². The zero-order valence-corrected chi connectivity index (χ0v) is 18.8. The van der Waals surface area contributed by atoms with Crippen LogP contribution in [0.5, 0.6) is 11.5 Å². The average molecular weight is 463 g/mol. The maximum Gasteiger partial charge on any atom is 0.254 e. The Labute approximate surface area is 194 Å². The summed E-state index contributed by atoms with van der Waals surface area (Å²) in [6.07, 6.45) is 3.46. The first-order valence-corrected chi connectivity index (χ1v) is 11.8. The second-order valence-electron chi connectivity index (χ2n) is 8.60. The Morgan fingerprint density at radius 2 is 1.94 bits per heavy atom. The summed E-state index contributed by atoms with van der Waals surface area (Å²) in [4.78, 5) is 28.5. The molecule has 168 valence electrons. The average Bonchev–Trinajstić information content (AvgIpc) is 3.43. The number of ether oxygens (including phenoxy) is 2. The van der Waals surface area contributed by atoms with E-state index in [2.05, 4.69) is 15.5 Å². The van der Waals surface area contributed by atoms with Crippen molar-refractivity contribution in [1.82, 2.24) is 15.1 Å². The molecule has 2 atom stereocenters. The van der Waals surface area contributed by atoms with Crippen molar-refractivity contribution in [3.05, 3.63) is 64.2 Å². The molecule has 0 spiro atoms. The van der Waals surface area contributed by atoms with E-state index in [0.29, 0.717) is 33.7 Å². The highest BCUT2D eigenvalue weighted by molar-refractivity contribution is 7.15. The summed E-state index contributed by atoms with van der Waals surface area (Å²) >= 11 is 1.43. The lowest BCUT2D eigenvalue weighted by Gasteiger charge is -2.39. The van der Waals surface area contributed by atoms with E-state index in [4.69, 9.17) is 9.47 Å². The second kappa shape index (κ2) is 7.84. The van der Waals surface area contributed by atoms with Gasteiger partial charge < -0.3 is 14.4 Å². The summed E-state index contributed by atoms with van der Waals surface area (Å²) in [5.74, 6) is 0.748. The lowest BCUT2D eigenvalue weighted by atomic mass is 9.79. The highest BCUT2D eigenvalue weighted by atomic mass is 32.1. The van der Waals surface area contributed by atoms with Gasteiger partial charge in [-0.05, 0) is 42.2 Å². The molecule has 1 aromatic heterocycles. The third-order valence-corrected chi connectivity index (χ3v) is 7.73. The van der Waals surface area contributed by atoms with Crippen molar-refractivity contribution in [3.8, 4) is 11.5 Å². The fourth-order valence-electron chi connectivity index (χ4n) is 4.76. The SMILES string of the molecule is CN1C(=O)c2ccccc2[C@@H](C(=O)Nc2nnc(C3CCC3)s2)[C@@H]1c1ccc2c(c1)OCO2. The highest BCUT2D eigenvalue weighted by Crippen LogP contribution is 2.45. The minimum Gasteiger partial charge on any atom is -0.454 e. The Balaban J connectivity index is 1.38. The monoisotopic (exact) mass is 462 g/mol. The molecule has 1 saturated carbocycles. The molecule has 0 bridgehead atoms. The first-order valence-electron chi connectivity index (χ1n) is 11.0. The van der Waals surface area contributed by atoms with E-state index in [9.17, 15) is 9.59 Å². The topological polar surface area (TPSA) is 93.7 Å². The smallest absolute Gasteiger partial charge is 0.254 e. The number of carbonyl (C=O) groups excluding carboxylic acids is 2. The zero-order valence-electron chi connectivity index (χ0n) is 18.0. The van der Waals surface area contributed by atoms with Crippen LogP contribution in [-0.2, 0) is 4.79 Å². The van der Waals surface area contributed by atoms with Gasteiger partial charge in [0, 0.05) is 18.5 Å². The van der Waals surface area contributed by atoms with E-state index in [1.54, 1.807) is 18.0 Å². The molecule has 3 heterocycles. The molecule has 9 heteroatoms. The molecule has 2 amide bonds. The fourth-order valence-corrected chi connectivity index (χ4v) is 5.67. The quantitative estimate of drug-likeness (QED) is 0.628. The predicted octanol–water partition coefficient (Wildman–Crippen LogP) is 4.08. The number of nitrogens with zero attached hydrogens (tertiary/aromatic N) is 3. The van der Waals surface area contributed by atoms with E-state index in [1.165, 1.54) is 17.8 Å². The number of aromatic nitrogens is 2. The number of hydrogen-bond donors (Lipinski definition) is 1.